The summed E-state index contributed by atoms with van der Waals surface area (Å²) in [4.78, 5) is 14.1. The van der Waals surface area contributed by atoms with Crippen LogP contribution in [0.4, 0.5) is 0 Å². The molecule has 0 aliphatic carbocycles. The maximum atomic E-state index is 12.3. The molecule has 1 aliphatic rings. The molecule has 0 saturated carbocycles. The number of amides is 1. The Bertz CT molecular complexity index is 428. The summed E-state index contributed by atoms with van der Waals surface area (Å²) in [6.07, 6.45) is 0.804. The number of rotatable bonds is 1. The van der Waals surface area contributed by atoms with Crippen LogP contribution >= 0.6 is 0 Å². The lowest BCUT2D eigenvalue weighted by molar-refractivity contribution is -0.0661. The number of ether oxygens (including phenoxy) is 1. The molecule has 1 amide bonds. The maximum absolute atomic E-state index is 12.3. The van der Waals surface area contributed by atoms with Crippen LogP contribution in [0.15, 0.2) is 18.2 Å². The fraction of sp³-hybridized carbons (Fsp3) is 0.500. The predicted molar refractivity (Wildman–Crippen MR) is 67.0 cm³/mol. The molecule has 1 aliphatic heterocycles. The highest BCUT2D eigenvalue weighted by atomic mass is 16.5. The number of carbonyl (C=O) groups is 1. The Hall–Kier alpha value is -1.35. The summed E-state index contributed by atoms with van der Waals surface area (Å²) in [7, 11) is 0. The Labute approximate surface area is 102 Å². The van der Waals surface area contributed by atoms with Crippen molar-refractivity contribution in [2.24, 2.45) is 0 Å². The van der Waals surface area contributed by atoms with E-state index in [9.17, 15) is 4.79 Å². The van der Waals surface area contributed by atoms with Crippen molar-refractivity contribution in [2.75, 3.05) is 13.2 Å². The summed E-state index contributed by atoms with van der Waals surface area (Å²) in [5.41, 5.74) is 3.12. The van der Waals surface area contributed by atoms with Crippen LogP contribution in [0.5, 0.6) is 0 Å². The van der Waals surface area contributed by atoms with Gasteiger partial charge in [0, 0.05) is 12.1 Å². The van der Waals surface area contributed by atoms with Crippen molar-refractivity contribution in [3.05, 3.63) is 34.9 Å². The average molecular weight is 233 g/mol. The fourth-order valence-electron chi connectivity index (χ4n) is 2.07. The molecule has 3 nitrogen and oxygen atoms in total. The molecule has 1 atom stereocenters. The van der Waals surface area contributed by atoms with Crippen LogP contribution in [0.25, 0.3) is 0 Å². The molecule has 2 rings (SSSR count). The topological polar surface area (TPSA) is 29.5 Å². The smallest absolute Gasteiger partial charge is 0.255 e. The Morgan fingerprint density at radius 2 is 2.12 bits per heavy atom. The van der Waals surface area contributed by atoms with E-state index >= 15 is 0 Å². The third-order valence-electron chi connectivity index (χ3n) is 3.36. The Balaban J connectivity index is 2.21. The van der Waals surface area contributed by atoms with E-state index in [0.29, 0.717) is 0 Å². The highest BCUT2D eigenvalue weighted by molar-refractivity contribution is 5.94. The van der Waals surface area contributed by atoms with Crippen LogP contribution in [0.2, 0.25) is 0 Å². The van der Waals surface area contributed by atoms with Gasteiger partial charge in [0.1, 0.15) is 6.23 Å². The monoisotopic (exact) mass is 233 g/mol. The summed E-state index contributed by atoms with van der Waals surface area (Å²) in [6.45, 7) is 7.54. The van der Waals surface area contributed by atoms with E-state index in [-0.39, 0.29) is 12.1 Å². The van der Waals surface area contributed by atoms with Crippen molar-refractivity contribution in [1.82, 2.24) is 4.90 Å². The second-order valence-corrected chi connectivity index (χ2v) is 4.62. The molecule has 1 aromatic rings. The van der Waals surface area contributed by atoms with Gasteiger partial charge in [-0.3, -0.25) is 4.79 Å². The predicted octanol–water partition coefficient (Wildman–Crippen LogP) is 2.51. The molecule has 1 fully saturated rings. The normalized spacial score (nSPS) is 20.4. The van der Waals surface area contributed by atoms with Crippen molar-refractivity contribution in [1.29, 1.82) is 0 Å². The Kier molecular flexibility index (Phi) is 3.48. The van der Waals surface area contributed by atoms with E-state index in [4.69, 9.17) is 4.74 Å². The largest absolute Gasteiger partial charge is 0.359 e. The van der Waals surface area contributed by atoms with Crippen LogP contribution in [0.1, 0.15) is 34.8 Å². The minimum atomic E-state index is -0.113. The van der Waals surface area contributed by atoms with Crippen molar-refractivity contribution in [3.8, 4) is 0 Å². The summed E-state index contributed by atoms with van der Waals surface area (Å²) < 4.78 is 5.49. The zero-order valence-electron chi connectivity index (χ0n) is 10.7. The van der Waals surface area contributed by atoms with Gasteiger partial charge in [0.2, 0.25) is 0 Å². The van der Waals surface area contributed by atoms with Gasteiger partial charge in [0.05, 0.1) is 6.61 Å². The highest BCUT2D eigenvalue weighted by Crippen LogP contribution is 2.16. The number of benzene rings is 1. The SMILES string of the molecule is Cc1ccc(C(=O)N2CCCOC2C)cc1C. The molecule has 0 aromatic heterocycles. The summed E-state index contributed by atoms with van der Waals surface area (Å²) >= 11 is 0. The standard InChI is InChI=1S/C14H19NO2/c1-10-5-6-13(9-11(10)2)14(16)15-7-4-8-17-12(15)3/h5-6,9,12H,4,7-8H2,1-3H3. The minimum absolute atomic E-state index is 0.0697. The van der Waals surface area contributed by atoms with Gasteiger partial charge < -0.3 is 9.64 Å². The van der Waals surface area contributed by atoms with Crippen molar-refractivity contribution in [2.45, 2.75) is 33.4 Å². The van der Waals surface area contributed by atoms with Crippen molar-refractivity contribution < 1.29 is 9.53 Å². The maximum Gasteiger partial charge on any atom is 0.255 e. The van der Waals surface area contributed by atoms with Gasteiger partial charge >= 0.3 is 0 Å². The first-order valence-corrected chi connectivity index (χ1v) is 6.09. The van der Waals surface area contributed by atoms with Crippen LogP contribution in [0.3, 0.4) is 0 Å². The highest BCUT2D eigenvalue weighted by Gasteiger charge is 2.24. The average Bonchev–Trinajstić information content (AvgIpc) is 2.32. The van der Waals surface area contributed by atoms with E-state index in [2.05, 4.69) is 6.92 Å². The van der Waals surface area contributed by atoms with E-state index in [1.807, 2.05) is 32.0 Å². The first kappa shape index (κ1) is 12.1. The number of carbonyl (C=O) groups excluding carboxylic acids is 1. The summed E-state index contributed by atoms with van der Waals surface area (Å²) in [6, 6.07) is 5.85. The fourth-order valence-corrected chi connectivity index (χ4v) is 2.07. The molecule has 92 valence electrons. The van der Waals surface area contributed by atoms with E-state index in [0.717, 1.165) is 30.7 Å². The van der Waals surface area contributed by atoms with Crippen LogP contribution in [-0.2, 0) is 4.74 Å². The van der Waals surface area contributed by atoms with Gasteiger partial charge in [-0.15, -0.1) is 0 Å². The zero-order valence-corrected chi connectivity index (χ0v) is 10.7. The van der Waals surface area contributed by atoms with Crippen LogP contribution in [0, 0.1) is 13.8 Å². The van der Waals surface area contributed by atoms with Gasteiger partial charge in [-0.05, 0) is 50.5 Å². The van der Waals surface area contributed by atoms with Gasteiger partial charge in [-0.1, -0.05) is 6.07 Å². The summed E-state index contributed by atoms with van der Waals surface area (Å²) in [5, 5.41) is 0. The molecular weight excluding hydrogens is 214 g/mol. The van der Waals surface area contributed by atoms with Gasteiger partial charge in [-0.25, -0.2) is 0 Å². The third-order valence-corrected chi connectivity index (χ3v) is 3.36. The molecule has 1 aromatic carbocycles. The zero-order chi connectivity index (χ0) is 12.4. The van der Waals surface area contributed by atoms with Crippen molar-refractivity contribution >= 4 is 5.91 Å². The lowest BCUT2D eigenvalue weighted by atomic mass is 10.1. The van der Waals surface area contributed by atoms with Gasteiger partial charge in [-0.2, -0.15) is 0 Å². The number of nitrogens with zero attached hydrogens (tertiary/aromatic N) is 1. The molecular formula is C14H19NO2. The van der Waals surface area contributed by atoms with E-state index in [1.54, 1.807) is 4.90 Å². The molecule has 0 radical (unpaired) electrons. The second kappa shape index (κ2) is 4.88. The van der Waals surface area contributed by atoms with E-state index < -0.39 is 0 Å². The molecule has 0 bridgehead atoms. The minimum Gasteiger partial charge on any atom is -0.359 e. The van der Waals surface area contributed by atoms with Crippen LogP contribution in [-0.4, -0.2) is 30.2 Å². The number of hydrogen-bond donors (Lipinski definition) is 0. The number of hydrogen-bond acceptors (Lipinski definition) is 2. The molecule has 0 spiro atoms. The Morgan fingerprint density at radius 3 is 2.76 bits per heavy atom. The second-order valence-electron chi connectivity index (χ2n) is 4.62. The Morgan fingerprint density at radius 1 is 1.35 bits per heavy atom. The molecule has 1 saturated heterocycles. The molecule has 17 heavy (non-hydrogen) atoms. The first-order valence-electron chi connectivity index (χ1n) is 6.09. The third kappa shape index (κ3) is 2.50. The molecule has 1 unspecified atom stereocenters. The van der Waals surface area contributed by atoms with Gasteiger partial charge in [0.15, 0.2) is 0 Å². The number of aryl methyl sites for hydroxylation is 2. The lowest BCUT2D eigenvalue weighted by Crippen LogP contribution is -2.44. The quantitative estimate of drug-likeness (QED) is 0.746. The lowest BCUT2D eigenvalue weighted by Gasteiger charge is -2.33. The molecule has 0 N–H and O–H groups in total. The molecule has 1 heterocycles. The molecule has 3 heteroatoms. The van der Waals surface area contributed by atoms with Crippen molar-refractivity contribution in [3.63, 3.8) is 0 Å². The van der Waals surface area contributed by atoms with E-state index in [1.165, 1.54) is 5.56 Å². The van der Waals surface area contributed by atoms with Gasteiger partial charge in [0.25, 0.3) is 5.91 Å². The summed E-state index contributed by atoms with van der Waals surface area (Å²) in [5.74, 6) is 0.0697. The first-order chi connectivity index (χ1) is 8.09. The van der Waals surface area contributed by atoms with Crippen LogP contribution < -0.4 is 0 Å².